The largest absolute Gasteiger partial charge is 0.496 e. The van der Waals surface area contributed by atoms with Gasteiger partial charge in [-0.05, 0) is 18.4 Å². The van der Waals surface area contributed by atoms with Crippen molar-refractivity contribution in [2.75, 3.05) is 21.3 Å². The van der Waals surface area contributed by atoms with Crippen LogP contribution in [-0.4, -0.2) is 27.2 Å². The summed E-state index contributed by atoms with van der Waals surface area (Å²) in [5.74, 6) is 2.68. The van der Waals surface area contributed by atoms with Crippen molar-refractivity contribution in [3.05, 3.63) is 17.7 Å². The maximum absolute atomic E-state index is 11.9. The molecule has 5 nitrogen and oxygen atoms in total. The zero-order valence-electron chi connectivity index (χ0n) is 12.4. The molecule has 1 aromatic rings. The number of methoxy groups -OCH3 is 3. The van der Waals surface area contributed by atoms with E-state index in [4.69, 9.17) is 14.2 Å². The van der Waals surface area contributed by atoms with Crippen LogP contribution in [0.1, 0.15) is 18.9 Å². The number of nitrogens with one attached hydrogen (secondary N) is 1. The summed E-state index contributed by atoms with van der Waals surface area (Å²) in [7, 11) is 4.75. The molecule has 0 aliphatic heterocycles. The Balaban J connectivity index is 2.11. The highest BCUT2D eigenvalue weighted by molar-refractivity contribution is 5.81. The fourth-order valence-electron chi connectivity index (χ4n) is 2.23. The van der Waals surface area contributed by atoms with E-state index < -0.39 is 0 Å². The van der Waals surface area contributed by atoms with Crippen molar-refractivity contribution in [1.82, 2.24) is 5.32 Å². The van der Waals surface area contributed by atoms with Gasteiger partial charge in [0.1, 0.15) is 5.75 Å². The normalized spacial score (nSPS) is 20.2. The third-order valence-corrected chi connectivity index (χ3v) is 3.69. The highest BCUT2D eigenvalue weighted by Gasteiger charge is 2.38. The Bertz CT molecular complexity index is 501. The van der Waals surface area contributed by atoms with Crippen LogP contribution < -0.4 is 19.5 Å². The van der Waals surface area contributed by atoms with E-state index in [0.29, 0.717) is 29.7 Å². The van der Waals surface area contributed by atoms with Crippen molar-refractivity contribution in [1.29, 1.82) is 0 Å². The van der Waals surface area contributed by atoms with Crippen LogP contribution in [0.15, 0.2) is 12.1 Å². The van der Waals surface area contributed by atoms with E-state index in [1.807, 2.05) is 6.07 Å². The Morgan fingerprint density at radius 2 is 1.70 bits per heavy atom. The molecule has 0 radical (unpaired) electrons. The lowest BCUT2D eigenvalue weighted by molar-refractivity contribution is -0.122. The van der Waals surface area contributed by atoms with E-state index in [1.54, 1.807) is 27.4 Å². The molecule has 110 valence electrons. The van der Waals surface area contributed by atoms with Crippen molar-refractivity contribution in [2.24, 2.45) is 11.8 Å². The summed E-state index contributed by atoms with van der Waals surface area (Å²) in [5, 5.41) is 2.94. The van der Waals surface area contributed by atoms with E-state index in [0.717, 1.165) is 12.0 Å². The number of rotatable bonds is 6. The first-order chi connectivity index (χ1) is 9.60. The second-order valence-electron chi connectivity index (χ2n) is 5.06. The Morgan fingerprint density at radius 3 is 2.20 bits per heavy atom. The van der Waals surface area contributed by atoms with Gasteiger partial charge in [0, 0.05) is 24.1 Å². The van der Waals surface area contributed by atoms with Crippen LogP contribution in [0.25, 0.3) is 0 Å². The Labute approximate surface area is 119 Å². The third kappa shape index (κ3) is 2.98. The zero-order valence-corrected chi connectivity index (χ0v) is 12.4. The van der Waals surface area contributed by atoms with Gasteiger partial charge in [0.2, 0.25) is 5.91 Å². The molecule has 0 saturated heterocycles. The minimum atomic E-state index is 0.106. The molecule has 20 heavy (non-hydrogen) atoms. The molecule has 0 heterocycles. The van der Waals surface area contributed by atoms with Gasteiger partial charge >= 0.3 is 0 Å². The minimum absolute atomic E-state index is 0.106. The molecule has 0 bridgehead atoms. The molecule has 1 amide bonds. The summed E-state index contributed by atoms with van der Waals surface area (Å²) in [6.45, 7) is 2.51. The fourth-order valence-corrected chi connectivity index (χ4v) is 2.23. The van der Waals surface area contributed by atoms with Gasteiger partial charge in [0.25, 0.3) is 0 Å². The number of amides is 1. The Hall–Kier alpha value is -1.91. The van der Waals surface area contributed by atoms with Crippen LogP contribution in [0, 0.1) is 11.8 Å². The molecule has 1 N–H and O–H groups in total. The molecular formula is C15H21NO4. The summed E-state index contributed by atoms with van der Waals surface area (Å²) in [6, 6.07) is 3.59. The number of carbonyl (C=O) groups excluding carboxylic acids is 1. The highest BCUT2D eigenvalue weighted by Crippen LogP contribution is 2.38. The van der Waals surface area contributed by atoms with E-state index in [2.05, 4.69) is 12.2 Å². The van der Waals surface area contributed by atoms with Crippen molar-refractivity contribution in [2.45, 2.75) is 19.9 Å². The third-order valence-electron chi connectivity index (χ3n) is 3.69. The lowest BCUT2D eigenvalue weighted by atomic mass is 10.1. The predicted octanol–water partition coefficient (Wildman–Crippen LogP) is 1.98. The van der Waals surface area contributed by atoms with Gasteiger partial charge in [0.15, 0.2) is 11.5 Å². The maximum Gasteiger partial charge on any atom is 0.223 e. The van der Waals surface area contributed by atoms with Gasteiger partial charge in [0.05, 0.1) is 21.3 Å². The molecule has 1 aliphatic carbocycles. The van der Waals surface area contributed by atoms with Gasteiger partial charge in [-0.15, -0.1) is 0 Å². The number of hydrogen-bond acceptors (Lipinski definition) is 4. The van der Waals surface area contributed by atoms with Crippen molar-refractivity contribution >= 4 is 5.91 Å². The van der Waals surface area contributed by atoms with E-state index >= 15 is 0 Å². The average molecular weight is 279 g/mol. The summed E-state index contributed by atoms with van der Waals surface area (Å²) < 4.78 is 15.8. The average Bonchev–Trinajstić information content (AvgIpc) is 3.20. The molecule has 2 atom stereocenters. The first kappa shape index (κ1) is 14.5. The molecule has 1 saturated carbocycles. The summed E-state index contributed by atoms with van der Waals surface area (Å²) >= 11 is 0. The topological polar surface area (TPSA) is 56.8 Å². The first-order valence-corrected chi connectivity index (χ1v) is 6.67. The summed E-state index contributed by atoms with van der Waals surface area (Å²) in [6.07, 6.45) is 0.981. The molecule has 2 rings (SSSR count). The van der Waals surface area contributed by atoms with Crippen LogP contribution in [0.5, 0.6) is 17.2 Å². The van der Waals surface area contributed by atoms with Crippen LogP contribution in [-0.2, 0) is 11.3 Å². The second-order valence-corrected chi connectivity index (χ2v) is 5.06. The molecule has 1 fully saturated rings. The zero-order chi connectivity index (χ0) is 14.7. The van der Waals surface area contributed by atoms with E-state index in [-0.39, 0.29) is 11.8 Å². The van der Waals surface area contributed by atoms with Crippen molar-refractivity contribution in [3.8, 4) is 17.2 Å². The van der Waals surface area contributed by atoms with Crippen molar-refractivity contribution in [3.63, 3.8) is 0 Å². The molecular weight excluding hydrogens is 258 g/mol. The van der Waals surface area contributed by atoms with Gasteiger partial charge in [-0.2, -0.15) is 0 Å². The van der Waals surface area contributed by atoms with Gasteiger partial charge in [-0.3, -0.25) is 4.79 Å². The van der Waals surface area contributed by atoms with E-state index in [9.17, 15) is 4.79 Å². The maximum atomic E-state index is 11.9. The number of carbonyl (C=O) groups is 1. The monoisotopic (exact) mass is 279 g/mol. The van der Waals surface area contributed by atoms with Crippen LogP contribution in [0.4, 0.5) is 0 Å². The van der Waals surface area contributed by atoms with Crippen LogP contribution in [0.2, 0.25) is 0 Å². The molecule has 1 aromatic carbocycles. The summed E-state index contributed by atoms with van der Waals surface area (Å²) in [4.78, 5) is 11.9. The lowest BCUT2D eigenvalue weighted by Gasteiger charge is -2.14. The smallest absolute Gasteiger partial charge is 0.223 e. The van der Waals surface area contributed by atoms with Gasteiger partial charge < -0.3 is 19.5 Å². The Kier molecular flexibility index (Phi) is 4.37. The fraction of sp³-hybridized carbons (Fsp3) is 0.533. The second kappa shape index (κ2) is 6.03. The van der Waals surface area contributed by atoms with Crippen molar-refractivity contribution < 1.29 is 19.0 Å². The number of benzene rings is 1. The Morgan fingerprint density at radius 1 is 1.15 bits per heavy atom. The molecule has 0 unspecified atom stereocenters. The van der Waals surface area contributed by atoms with E-state index in [1.165, 1.54) is 0 Å². The van der Waals surface area contributed by atoms with Crippen LogP contribution in [0.3, 0.4) is 0 Å². The van der Waals surface area contributed by atoms with Gasteiger partial charge in [-0.25, -0.2) is 0 Å². The predicted molar refractivity (Wildman–Crippen MR) is 75.2 cm³/mol. The standard InChI is InChI=1S/C15H21NO4/c1-9-5-11(9)15(17)16-8-10-6-13(19-3)14(20-4)7-12(10)18-2/h6-7,9,11H,5,8H2,1-4H3,(H,16,17)/t9-,11-/m1/s1. The molecule has 1 aliphatic rings. The quantitative estimate of drug-likeness (QED) is 0.865. The molecule has 5 heteroatoms. The number of hydrogen-bond donors (Lipinski definition) is 1. The lowest BCUT2D eigenvalue weighted by Crippen LogP contribution is -2.25. The first-order valence-electron chi connectivity index (χ1n) is 6.67. The molecule has 0 spiro atoms. The number of ether oxygens (including phenoxy) is 3. The molecule has 0 aromatic heterocycles. The minimum Gasteiger partial charge on any atom is -0.496 e. The highest BCUT2D eigenvalue weighted by atomic mass is 16.5. The summed E-state index contributed by atoms with van der Waals surface area (Å²) in [5.41, 5.74) is 0.867. The van der Waals surface area contributed by atoms with Crippen LogP contribution >= 0.6 is 0 Å². The van der Waals surface area contributed by atoms with Gasteiger partial charge in [-0.1, -0.05) is 6.92 Å². The SMILES string of the molecule is COc1cc(OC)c(OC)cc1CNC(=O)[C@@H]1C[C@H]1C.